The quantitative estimate of drug-likeness (QED) is 0.675. The van der Waals surface area contributed by atoms with Crippen LogP contribution in [0.5, 0.6) is 5.75 Å². The van der Waals surface area contributed by atoms with Gasteiger partial charge < -0.3 is 10.1 Å². The Hall–Kier alpha value is -0.730. The molecule has 0 spiro atoms. The highest BCUT2D eigenvalue weighted by Crippen LogP contribution is 2.32. The van der Waals surface area contributed by atoms with Crippen molar-refractivity contribution in [2.24, 2.45) is 5.92 Å². The third-order valence-corrected chi connectivity index (χ3v) is 3.87. The average molecular weight is 298 g/mol. The second-order valence-corrected chi connectivity index (χ2v) is 5.96. The van der Waals surface area contributed by atoms with E-state index in [9.17, 15) is 0 Å². The fraction of sp³-hybridized carbons (Fsp3) is 0.647. The molecule has 114 valence electrons. The van der Waals surface area contributed by atoms with Crippen molar-refractivity contribution < 1.29 is 4.74 Å². The van der Waals surface area contributed by atoms with Gasteiger partial charge in [0.2, 0.25) is 0 Å². The summed E-state index contributed by atoms with van der Waals surface area (Å²) in [6.45, 7) is 7.79. The fourth-order valence-electron chi connectivity index (χ4n) is 2.62. The molecule has 3 heteroatoms. The molecular weight excluding hydrogens is 270 g/mol. The zero-order chi connectivity index (χ0) is 15.0. The number of methoxy groups -OCH3 is 1. The second kappa shape index (κ2) is 9.25. The third-order valence-electron chi connectivity index (χ3n) is 3.63. The number of nitrogens with one attached hydrogen (secondary N) is 1. The molecule has 0 aromatic heterocycles. The van der Waals surface area contributed by atoms with E-state index >= 15 is 0 Å². The van der Waals surface area contributed by atoms with Gasteiger partial charge in [0.1, 0.15) is 5.75 Å². The molecular formula is C17H28ClNO. The fourth-order valence-corrected chi connectivity index (χ4v) is 2.79. The van der Waals surface area contributed by atoms with Gasteiger partial charge >= 0.3 is 0 Å². The van der Waals surface area contributed by atoms with Gasteiger partial charge in [0, 0.05) is 16.6 Å². The van der Waals surface area contributed by atoms with E-state index in [-0.39, 0.29) is 0 Å². The van der Waals surface area contributed by atoms with Crippen LogP contribution < -0.4 is 10.1 Å². The van der Waals surface area contributed by atoms with Crippen LogP contribution in [0.2, 0.25) is 5.02 Å². The standard InChI is InChI=1S/C17H28ClNO/c1-5-7-13(3)11-16(19-10-6-2)15-9-8-14(18)12-17(15)20-4/h8-9,12-13,16,19H,5-7,10-11H2,1-4H3. The molecule has 0 heterocycles. The van der Waals surface area contributed by atoms with E-state index in [1.807, 2.05) is 12.1 Å². The summed E-state index contributed by atoms with van der Waals surface area (Å²) in [7, 11) is 1.71. The summed E-state index contributed by atoms with van der Waals surface area (Å²) in [5.74, 6) is 1.59. The van der Waals surface area contributed by atoms with Crippen molar-refractivity contribution >= 4 is 11.6 Å². The maximum atomic E-state index is 6.06. The van der Waals surface area contributed by atoms with Crippen molar-refractivity contribution in [3.63, 3.8) is 0 Å². The monoisotopic (exact) mass is 297 g/mol. The van der Waals surface area contributed by atoms with Crippen molar-refractivity contribution in [1.29, 1.82) is 0 Å². The number of hydrogen-bond donors (Lipinski definition) is 1. The Morgan fingerprint density at radius 1 is 1.25 bits per heavy atom. The molecule has 0 aliphatic heterocycles. The summed E-state index contributed by atoms with van der Waals surface area (Å²) in [6, 6.07) is 6.28. The van der Waals surface area contributed by atoms with E-state index in [0.29, 0.717) is 12.0 Å². The second-order valence-electron chi connectivity index (χ2n) is 5.52. The molecule has 0 aliphatic rings. The average Bonchev–Trinajstić information content (AvgIpc) is 2.43. The molecule has 2 atom stereocenters. The van der Waals surface area contributed by atoms with Gasteiger partial charge in [-0.15, -0.1) is 0 Å². The van der Waals surface area contributed by atoms with Crippen molar-refractivity contribution in [1.82, 2.24) is 5.32 Å². The minimum atomic E-state index is 0.337. The van der Waals surface area contributed by atoms with Gasteiger partial charge in [0.15, 0.2) is 0 Å². The Labute approximate surface area is 128 Å². The van der Waals surface area contributed by atoms with Gasteiger partial charge in [-0.05, 0) is 37.4 Å². The zero-order valence-electron chi connectivity index (χ0n) is 13.2. The predicted octanol–water partition coefficient (Wildman–Crippen LogP) is 5.22. The Balaban J connectivity index is 2.91. The van der Waals surface area contributed by atoms with Crippen LogP contribution in [-0.2, 0) is 0 Å². The van der Waals surface area contributed by atoms with E-state index < -0.39 is 0 Å². The predicted molar refractivity (Wildman–Crippen MR) is 87.7 cm³/mol. The van der Waals surface area contributed by atoms with Crippen LogP contribution in [0.25, 0.3) is 0 Å². The molecule has 0 radical (unpaired) electrons. The van der Waals surface area contributed by atoms with Gasteiger partial charge in [0.25, 0.3) is 0 Å². The van der Waals surface area contributed by atoms with Crippen molar-refractivity contribution in [3.05, 3.63) is 28.8 Å². The molecule has 0 amide bonds. The van der Waals surface area contributed by atoms with Crippen LogP contribution in [-0.4, -0.2) is 13.7 Å². The van der Waals surface area contributed by atoms with Gasteiger partial charge in [-0.2, -0.15) is 0 Å². The topological polar surface area (TPSA) is 21.3 Å². The lowest BCUT2D eigenvalue weighted by molar-refractivity contribution is 0.365. The maximum Gasteiger partial charge on any atom is 0.125 e. The molecule has 0 fully saturated rings. The SMILES string of the molecule is CCCNC(CC(C)CCC)c1ccc(Cl)cc1OC. The first-order valence-electron chi connectivity index (χ1n) is 7.69. The number of halogens is 1. The normalized spacial score (nSPS) is 14.1. The van der Waals surface area contributed by atoms with Crippen molar-refractivity contribution in [3.8, 4) is 5.75 Å². The minimum absolute atomic E-state index is 0.337. The highest BCUT2D eigenvalue weighted by Gasteiger charge is 2.18. The molecule has 0 aliphatic carbocycles. The summed E-state index contributed by atoms with van der Waals surface area (Å²) in [4.78, 5) is 0. The van der Waals surface area contributed by atoms with Gasteiger partial charge in [-0.3, -0.25) is 0 Å². The lowest BCUT2D eigenvalue weighted by atomic mass is 9.92. The van der Waals surface area contributed by atoms with Crippen LogP contribution in [0.3, 0.4) is 0 Å². The number of hydrogen-bond acceptors (Lipinski definition) is 2. The molecule has 1 aromatic carbocycles. The Morgan fingerprint density at radius 3 is 2.60 bits per heavy atom. The van der Waals surface area contributed by atoms with E-state index in [1.165, 1.54) is 18.4 Å². The van der Waals surface area contributed by atoms with E-state index in [1.54, 1.807) is 7.11 Å². The van der Waals surface area contributed by atoms with Gasteiger partial charge in [-0.1, -0.05) is 51.3 Å². The molecule has 1 aromatic rings. The van der Waals surface area contributed by atoms with E-state index in [0.717, 1.165) is 30.2 Å². The summed E-state index contributed by atoms with van der Waals surface area (Å²) in [6.07, 6.45) is 4.76. The van der Waals surface area contributed by atoms with E-state index in [4.69, 9.17) is 16.3 Å². The van der Waals surface area contributed by atoms with Crippen molar-refractivity contribution in [2.45, 2.75) is 52.5 Å². The molecule has 1 rings (SSSR count). The minimum Gasteiger partial charge on any atom is -0.496 e. The van der Waals surface area contributed by atoms with Gasteiger partial charge in [-0.25, -0.2) is 0 Å². The number of rotatable bonds is 9. The Morgan fingerprint density at radius 2 is 2.00 bits per heavy atom. The first-order valence-corrected chi connectivity index (χ1v) is 8.06. The van der Waals surface area contributed by atoms with Crippen LogP contribution in [0, 0.1) is 5.92 Å². The van der Waals surface area contributed by atoms with E-state index in [2.05, 4.69) is 32.2 Å². The largest absolute Gasteiger partial charge is 0.496 e. The highest BCUT2D eigenvalue weighted by atomic mass is 35.5. The van der Waals surface area contributed by atoms with Crippen LogP contribution >= 0.6 is 11.6 Å². The van der Waals surface area contributed by atoms with Gasteiger partial charge in [0.05, 0.1) is 7.11 Å². The molecule has 0 saturated heterocycles. The smallest absolute Gasteiger partial charge is 0.125 e. The first-order chi connectivity index (χ1) is 9.62. The van der Waals surface area contributed by atoms with Crippen molar-refractivity contribution in [2.75, 3.05) is 13.7 Å². The molecule has 2 nitrogen and oxygen atoms in total. The number of benzene rings is 1. The summed E-state index contributed by atoms with van der Waals surface area (Å²) >= 11 is 6.06. The third kappa shape index (κ3) is 5.34. The molecule has 0 bridgehead atoms. The lowest BCUT2D eigenvalue weighted by Crippen LogP contribution is -2.24. The Bertz CT molecular complexity index is 395. The van der Waals surface area contributed by atoms with Crippen LogP contribution in [0.15, 0.2) is 18.2 Å². The first kappa shape index (κ1) is 17.3. The molecule has 20 heavy (non-hydrogen) atoms. The number of ether oxygens (including phenoxy) is 1. The summed E-state index contributed by atoms with van der Waals surface area (Å²) < 4.78 is 5.50. The Kier molecular flexibility index (Phi) is 8.01. The summed E-state index contributed by atoms with van der Waals surface area (Å²) in [5.41, 5.74) is 1.22. The molecule has 1 N–H and O–H groups in total. The maximum absolute atomic E-state index is 6.06. The molecule has 2 unspecified atom stereocenters. The highest BCUT2D eigenvalue weighted by molar-refractivity contribution is 6.30. The van der Waals surface area contributed by atoms with Crippen LogP contribution in [0.1, 0.15) is 58.1 Å². The zero-order valence-corrected chi connectivity index (χ0v) is 14.0. The lowest BCUT2D eigenvalue weighted by Gasteiger charge is -2.24. The van der Waals surface area contributed by atoms with Crippen LogP contribution in [0.4, 0.5) is 0 Å². The molecule has 0 saturated carbocycles. The summed E-state index contributed by atoms with van der Waals surface area (Å²) in [5, 5.41) is 4.37.